The molecule has 0 atom stereocenters. The highest BCUT2D eigenvalue weighted by Gasteiger charge is 2.18. The SMILES string of the molecule is c1ccc2cc(N(c3ccc4ccccc4c3)c3ccc(-c4cccc5ccccc45)c4ccccc34)ccc2c1. The van der Waals surface area contributed by atoms with Crippen molar-refractivity contribution < 1.29 is 0 Å². The van der Waals surface area contributed by atoms with Crippen LogP contribution in [0.5, 0.6) is 0 Å². The fourth-order valence-corrected chi connectivity index (χ4v) is 6.23. The van der Waals surface area contributed by atoms with E-state index < -0.39 is 0 Å². The van der Waals surface area contributed by atoms with Crippen LogP contribution in [-0.4, -0.2) is 0 Å². The van der Waals surface area contributed by atoms with Crippen LogP contribution in [0.4, 0.5) is 17.1 Å². The Morgan fingerprint density at radius 3 is 1.44 bits per heavy atom. The largest absolute Gasteiger partial charge is 0.310 e. The summed E-state index contributed by atoms with van der Waals surface area (Å²) in [6, 6.07) is 59.4. The van der Waals surface area contributed by atoms with Crippen molar-refractivity contribution in [3.05, 3.63) is 164 Å². The van der Waals surface area contributed by atoms with Gasteiger partial charge in [-0.15, -0.1) is 0 Å². The smallest absolute Gasteiger partial charge is 0.0540 e. The molecule has 8 aromatic rings. The molecular weight excluding hydrogens is 494 g/mol. The molecule has 0 unspecified atom stereocenters. The van der Waals surface area contributed by atoms with E-state index in [0.717, 1.165) is 17.1 Å². The Morgan fingerprint density at radius 2 is 0.780 bits per heavy atom. The number of benzene rings is 8. The zero-order chi connectivity index (χ0) is 27.2. The lowest BCUT2D eigenvalue weighted by Crippen LogP contribution is -2.10. The molecule has 0 bridgehead atoms. The molecule has 8 rings (SSSR count). The zero-order valence-electron chi connectivity index (χ0n) is 22.5. The van der Waals surface area contributed by atoms with E-state index in [1.807, 2.05) is 0 Å². The summed E-state index contributed by atoms with van der Waals surface area (Å²) >= 11 is 0. The van der Waals surface area contributed by atoms with Crippen molar-refractivity contribution >= 4 is 60.2 Å². The van der Waals surface area contributed by atoms with E-state index in [4.69, 9.17) is 0 Å². The Kier molecular flexibility index (Phi) is 5.53. The molecule has 0 amide bonds. The topological polar surface area (TPSA) is 3.24 Å². The first-order valence-electron chi connectivity index (χ1n) is 14.1. The van der Waals surface area contributed by atoms with E-state index in [1.165, 1.54) is 54.2 Å². The van der Waals surface area contributed by atoms with Crippen LogP contribution in [-0.2, 0) is 0 Å². The molecule has 0 saturated carbocycles. The van der Waals surface area contributed by atoms with Crippen molar-refractivity contribution in [1.82, 2.24) is 0 Å². The highest BCUT2D eigenvalue weighted by atomic mass is 15.1. The van der Waals surface area contributed by atoms with Gasteiger partial charge < -0.3 is 4.90 Å². The van der Waals surface area contributed by atoms with E-state index >= 15 is 0 Å². The van der Waals surface area contributed by atoms with Crippen molar-refractivity contribution in [3.63, 3.8) is 0 Å². The normalized spacial score (nSPS) is 11.4. The monoisotopic (exact) mass is 521 g/mol. The molecule has 0 aliphatic heterocycles. The molecule has 0 aliphatic rings. The molecule has 0 N–H and O–H groups in total. The van der Waals surface area contributed by atoms with E-state index in [-0.39, 0.29) is 0 Å². The van der Waals surface area contributed by atoms with Gasteiger partial charge in [0.25, 0.3) is 0 Å². The van der Waals surface area contributed by atoms with Gasteiger partial charge >= 0.3 is 0 Å². The van der Waals surface area contributed by atoms with E-state index in [1.54, 1.807) is 0 Å². The summed E-state index contributed by atoms with van der Waals surface area (Å²) in [6.07, 6.45) is 0. The minimum atomic E-state index is 1.14. The van der Waals surface area contributed by atoms with Crippen LogP contribution in [0, 0.1) is 0 Å². The Balaban J connectivity index is 1.40. The highest BCUT2D eigenvalue weighted by molar-refractivity contribution is 6.10. The number of nitrogens with zero attached hydrogens (tertiary/aromatic N) is 1. The number of fused-ring (bicyclic) bond motifs is 4. The van der Waals surface area contributed by atoms with Gasteiger partial charge in [0.05, 0.1) is 5.69 Å². The van der Waals surface area contributed by atoms with Crippen molar-refractivity contribution in [3.8, 4) is 11.1 Å². The number of rotatable bonds is 4. The molecule has 8 aromatic carbocycles. The van der Waals surface area contributed by atoms with Gasteiger partial charge in [0, 0.05) is 16.8 Å². The van der Waals surface area contributed by atoms with Gasteiger partial charge in [0.15, 0.2) is 0 Å². The number of hydrogen-bond acceptors (Lipinski definition) is 1. The molecular formula is C40H27N. The first-order chi connectivity index (χ1) is 20.3. The Hall–Kier alpha value is -5.40. The molecule has 0 spiro atoms. The van der Waals surface area contributed by atoms with E-state index in [9.17, 15) is 0 Å². The predicted octanol–water partition coefficient (Wildman–Crippen LogP) is 11.4. The second-order valence-corrected chi connectivity index (χ2v) is 10.6. The average Bonchev–Trinajstić information content (AvgIpc) is 3.04. The molecule has 0 aromatic heterocycles. The summed E-state index contributed by atoms with van der Waals surface area (Å²) in [5.74, 6) is 0. The summed E-state index contributed by atoms with van der Waals surface area (Å²) in [5, 5.41) is 9.93. The van der Waals surface area contributed by atoms with Gasteiger partial charge in [0.1, 0.15) is 0 Å². The van der Waals surface area contributed by atoms with Crippen LogP contribution in [0.1, 0.15) is 0 Å². The number of hydrogen-bond donors (Lipinski definition) is 0. The molecule has 0 aliphatic carbocycles. The summed E-state index contributed by atoms with van der Waals surface area (Å²) in [4.78, 5) is 2.41. The molecule has 0 heterocycles. The molecule has 1 nitrogen and oxygen atoms in total. The average molecular weight is 522 g/mol. The van der Waals surface area contributed by atoms with Gasteiger partial charge in [0.2, 0.25) is 0 Å². The molecule has 0 radical (unpaired) electrons. The van der Waals surface area contributed by atoms with Crippen LogP contribution in [0.15, 0.2) is 164 Å². The lowest BCUT2D eigenvalue weighted by atomic mass is 9.93. The van der Waals surface area contributed by atoms with Crippen molar-refractivity contribution in [2.45, 2.75) is 0 Å². The van der Waals surface area contributed by atoms with Crippen LogP contribution in [0.25, 0.3) is 54.2 Å². The quantitative estimate of drug-likeness (QED) is 0.223. The maximum Gasteiger partial charge on any atom is 0.0540 e. The van der Waals surface area contributed by atoms with Gasteiger partial charge in [-0.05, 0) is 79.2 Å². The summed E-state index contributed by atoms with van der Waals surface area (Å²) in [5.41, 5.74) is 5.95. The maximum absolute atomic E-state index is 2.41. The van der Waals surface area contributed by atoms with Crippen LogP contribution >= 0.6 is 0 Å². The van der Waals surface area contributed by atoms with Crippen LogP contribution in [0.2, 0.25) is 0 Å². The van der Waals surface area contributed by atoms with Crippen molar-refractivity contribution in [2.75, 3.05) is 4.90 Å². The minimum absolute atomic E-state index is 1.14. The third kappa shape index (κ3) is 4.02. The van der Waals surface area contributed by atoms with Crippen LogP contribution < -0.4 is 4.90 Å². The molecule has 0 saturated heterocycles. The fourth-order valence-electron chi connectivity index (χ4n) is 6.23. The fraction of sp³-hybridized carbons (Fsp3) is 0. The summed E-state index contributed by atoms with van der Waals surface area (Å²) in [7, 11) is 0. The molecule has 1 heteroatoms. The van der Waals surface area contributed by atoms with Crippen molar-refractivity contribution in [1.29, 1.82) is 0 Å². The highest BCUT2D eigenvalue weighted by Crippen LogP contribution is 2.44. The molecule has 0 fully saturated rings. The Labute approximate surface area is 239 Å². The molecule has 41 heavy (non-hydrogen) atoms. The standard InChI is InChI=1S/C40H27N/c1-3-13-31-26-33(22-20-28(31)10-1)41(34-23-21-29-11-2-4-14-32(29)27-34)40-25-24-38(37-17-7-8-18-39(37)40)36-19-9-15-30-12-5-6-16-35(30)36/h1-27H. The second kappa shape index (κ2) is 9.66. The van der Waals surface area contributed by atoms with E-state index in [0.29, 0.717) is 0 Å². The summed E-state index contributed by atoms with van der Waals surface area (Å²) in [6.45, 7) is 0. The maximum atomic E-state index is 2.41. The van der Waals surface area contributed by atoms with Gasteiger partial charge in [-0.3, -0.25) is 0 Å². The Bertz CT molecular complexity index is 2140. The summed E-state index contributed by atoms with van der Waals surface area (Å²) < 4.78 is 0. The zero-order valence-corrected chi connectivity index (χ0v) is 22.5. The Morgan fingerprint density at radius 1 is 0.293 bits per heavy atom. The lowest BCUT2D eigenvalue weighted by molar-refractivity contribution is 1.31. The van der Waals surface area contributed by atoms with Gasteiger partial charge in [-0.1, -0.05) is 133 Å². The third-order valence-electron chi connectivity index (χ3n) is 8.20. The third-order valence-corrected chi connectivity index (χ3v) is 8.20. The van der Waals surface area contributed by atoms with E-state index in [2.05, 4.69) is 169 Å². The van der Waals surface area contributed by atoms with Crippen molar-refractivity contribution in [2.24, 2.45) is 0 Å². The van der Waals surface area contributed by atoms with Gasteiger partial charge in [-0.2, -0.15) is 0 Å². The lowest BCUT2D eigenvalue weighted by Gasteiger charge is -2.28. The number of anilines is 3. The predicted molar refractivity (Wildman–Crippen MR) is 177 cm³/mol. The first kappa shape index (κ1) is 23.5. The first-order valence-corrected chi connectivity index (χ1v) is 14.1. The van der Waals surface area contributed by atoms with Gasteiger partial charge in [-0.25, -0.2) is 0 Å². The minimum Gasteiger partial charge on any atom is -0.310 e. The van der Waals surface area contributed by atoms with Crippen LogP contribution in [0.3, 0.4) is 0 Å². The molecule has 192 valence electrons. The second-order valence-electron chi connectivity index (χ2n) is 10.6.